The average molecular weight is 198 g/mol. The number of allylic oxidation sites excluding steroid dienone is 2. The molecule has 1 aromatic rings. The Labute approximate surface area is 92.0 Å². The van der Waals surface area contributed by atoms with Gasteiger partial charge < -0.3 is 0 Å². The lowest BCUT2D eigenvalue weighted by molar-refractivity contribution is 0.495. The van der Waals surface area contributed by atoms with Crippen molar-refractivity contribution in [1.29, 1.82) is 0 Å². The summed E-state index contributed by atoms with van der Waals surface area (Å²) < 4.78 is 0. The Morgan fingerprint density at radius 3 is 1.67 bits per heavy atom. The quantitative estimate of drug-likeness (QED) is 0.554. The highest BCUT2D eigenvalue weighted by Crippen LogP contribution is 2.62. The first kappa shape index (κ1) is 9.21. The van der Waals surface area contributed by atoms with Gasteiger partial charge in [-0.1, -0.05) is 49.3 Å². The minimum absolute atomic E-state index is 0.315. The highest BCUT2D eigenvalue weighted by atomic mass is 14.6. The molecule has 2 unspecified atom stereocenters. The second-order valence-electron chi connectivity index (χ2n) is 5.64. The molecule has 0 radical (unpaired) electrons. The van der Waals surface area contributed by atoms with Crippen molar-refractivity contribution in [3.05, 3.63) is 46.5 Å². The molecule has 78 valence electrons. The molecule has 0 aromatic heterocycles. The van der Waals surface area contributed by atoms with Crippen LogP contribution in [-0.4, -0.2) is 0 Å². The first-order chi connectivity index (χ1) is 7.00. The van der Waals surface area contributed by atoms with E-state index in [1.165, 1.54) is 6.42 Å². The Balaban J connectivity index is 2.38. The van der Waals surface area contributed by atoms with Gasteiger partial charge in [0.15, 0.2) is 0 Å². The first-order valence-corrected chi connectivity index (χ1v) is 5.78. The van der Waals surface area contributed by atoms with Crippen molar-refractivity contribution in [2.45, 2.75) is 44.9 Å². The highest BCUT2D eigenvalue weighted by Gasteiger charge is 2.54. The van der Waals surface area contributed by atoms with Gasteiger partial charge in [-0.05, 0) is 31.4 Å². The summed E-state index contributed by atoms with van der Waals surface area (Å²) in [5.41, 5.74) is 6.96. The molecule has 0 nitrogen and oxygen atoms in total. The molecule has 0 heterocycles. The molecule has 0 saturated heterocycles. The Morgan fingerprint density at radius 1 is 0.867 bits per heavy atom. The van der Waals surface area contributed by atoms with Crippen LogP contribution in [0.3, 0.4) is 0 Å². The molecular weight excluding hydrogens is 180 g/mol. The van der Waals surface area contributed by atoms with Crippen LogP contribution in [0.15, 0.2) is 35.4 Å². The fourth-order valence-corrected chi connectivity index (χ4v) is 3.84. The predicted octanol–water partition coefficient (Wildman–Crippen LogP) is 3.96. The summed E-state index contributed by atoms with van der Waals surface area (Å²) in [6.45, 7) is 9.44. The molecule has 0 amide bonds. The summed E-state index contributed by atoms with van der Waals surface area (Å²) in [6, 6.07) is 8.99. The minimum atomic E-state index is 0.315. The van der Waals surface area contributed by atoms with Gasteiger partial charge in [-0.15, -0.1) is 0 Å². The number of hydrogen-bond acceptors (Lipinski definition) is 0. The summed E-state index contributed by atoms with van der Waals surface area (Å²) in [5, 5.41) is 0. The molecule has 15 heavy (non-hydrogen) atoms. The van der Waals surface area contributed by atoms with Gasteiger partial charge in [0.25, 0.3) is 0 Å². The van der Waals surface area contributed by atoms with Crippen LogP contribution >= 0.6 is 0 Å². The van der Waals surface area contributed by atoms with Gasteiger partial charge in [0.1, 0.15) is 0 Å². The van der Waals surface area contributed by atoms with Crippen molar-refractivity contribution in [3.63, 3.8) is 0 Å². The van der Waals surface area contributed by atoms with E-state index in [0.717, 1.165) is 0 Å². The number of fused-ring (bicyclic) bond motifs is 5. The van der Waals surface area contributed by atoms with E-state index in [2.05, 4.69) is 52.0 Å². The summed E-state index contributed by atoms with van der Waals surface area (Å²) in [4.78, 5) is 0. The number of rotatable bonds is 0. The lowest BCUT2D eigenvalue weighted by Gasteiger charge is -2.29. The zero-order chi connectivity index (χ0) is 10.8. The van der Waals surface area contributed by atoms with Gasteiger partial charge in [-0.2, -0.15) is 0 Å². The van der Waals surface area contributed by atoms with Crippen molar-refractivity contribution in [2.24, 2.45) is 0 Å². The monoisotopic (exact) mass is 198 g/mol. The third-order valence-corrected chi connectivity index (χ3v) is 5.04. The number of benzene rings is 1. The van der Waals surface area contributed by atoms with Crippen LogP contribution < -0.4 is 0 Å². The highest BCUT2D eigenvalue weighted by molar-refractivity contribution is 5.61. The van der Waals surface area contributed by atoms with E-state index in [9.17, 15) is 0 Å². The van der Waals surface area contributed by atoms with Crippen molar-refractivity contribution >= 4 is 0 Å². The lowest BCUT2D eigenvalue weighted by Crippen LogP contribution is -2.20. The normalized spacial score (nSPS) is 37.3. The van der Waals surface area contributed by atoms with Crippen LogP contribution in [0.5, 0.6) is 0 Å². The first-order valence-electron chi connectivity index (χ1n) is 5.78. The minimum Gasteiger partial charge on any atom is -0.0631 e. The van der Waals surface area contributed by atoms with Gasteiger partial charge in [-0.25, -0.2) is 0 Å². The molecule has 3 rings (SSSR count). The lowest BCUT2D eigenvalue weighted by atomic mass is 9.75. The zero-order valence-electron chi connectivity index (χ0n) is 10.0. The summed E-state index contributed by atoms with van der Waals surface area (Å²) in [6.07, 6.45) is 1.27. The molecule has 2 aliphatic carbocycles. The van der Waals surface area contributed by atoms with Gasteiger partial charge in [0.05, 0.1) is 0 Å². The molecule has 2 bridgehead atoms. The van der Waals surface area contributed by atoms with Crippen LogP contribution in [-0.2, 0) is 10.8 Å². The van der Waals surface area contributed by atoms with Crippen LogP contribution in [0.4, 0.5) is 0 Å². The predicted molar refractivity (Wildman–Crippen MR) is 64.1 cm³/mol. The third kappa shape index (κ3) is 0.806. The maximum atomic E-state index is 2.41. The summed E-state index contributed by atoms with van der Waals surface area (Å²) in [5.74, 6) is 0. The zero-order valence-corrected chi connectivity index (χ0v) is 10.0. The van der Waals surface area contributed by atoms with Gasteiger partial charge in [-0.3, -0.25) is 0 Å². The summed E-state index contributed by atoms with van der Waals surface area (Å²) in [7, 11) is 0. The van der Waals surface area contributed by atoms with Gasteiger partial charge in [0.2, 0.25) is 0 Å². The Kier molecular flexibility index (Phi) is 1.46. The molecule has 2 atom stereocenters. The Hall–Kier alpha value is -1.04. The van der Waals surface area contributed by atoms with E-state index in [-0.39, 0.29) is 0 Å². The molecule has 0 spiro atoms. The van der Waals surface area contributed by atoms with Crippen LogP contribution in [0, 0.1) is 0 Å². The second kappa shape index (κ2) is 2.37. The topological polar surface area (TPSA) is 0 Å². The standard InChI is InChI=1S/C15H18/c1-10-11(2)15(4)9-14(10,3)12-7-5-6-8-13(12)15/h5-8H,9H2,1-4H3. The SMILES string of the molecule is CC1=C(C)C2(C)CC1(C)c1ccccc12. The smallest absolute Gasteiger partial charge is 0.0148 e. The average Bonchev–Trinajstić information content (AvgIpc) is 2.57. The van der Waals surface area contributed by atoms with Crippen molar-refractivity contribution in [1.82, 2.24) is 0 Å². The second-order valence-corrected chi connectivity index (χ2v) is 5.64. The Bertz CT molecular complexity index is 438. The molecule has 1 aromatic carbocycles. The summed E-state index contributed by atoms with van der Waals surface area (Å²) >= 11 is 0. The Morgan fingerprint density at radius 2 is 1.27 bits per heavy atom. The van der Waals surface area contributed by atoms with Crippen molar-refractivity contribution in [2.75, 3.05) is 0 Å². The van der Waals surface area contributed by atoms with E-state index in [4.69, 9.17) is 0 Å². The van der Waals surface area contributed by atoms with E-state index in [1.807, 2.05) is 0 Å². The molecule has 0 N–H and O–H groups in total. The van der Waals surface area contributed by atoms with E-state index >= 15 is 0 Å². The molecule has 2 aliphatic rings. The van der Waals surface area contributed by atoms with Crippen LogP contribution in [0.25, 0.3) is 0 Å². The van der Waals surface area contributed by atoms with Crippen molar-refractivity contribution in [3.8, 4) is 0 Å². The van der Waals surface area contributed by atoms with E-state index in [0.29, 0.717) is 10.8 Å². The largest absolute Gasteiger partial charge is 0.0631 e. The maximum Gasteiger partial charge on any atom is 0.0148 e. The van der Waals surface area contributed by atoms with Gasteiger partial charge >= 0.3 is 0 Å². The van der Waals surface area contributed by atoms with E-state index in [1.54, 1.807) is 22.3 Å². The maximum absolute atomic E-state index is 2.41. The van der Waals surface area contributed by atoms with E-state index < -0.39 is 0 Å². The number of hydrogen-bond donors (Lipinski definition) is 0. The molecule has 0 saturated carbocycles. The fourth-order valence-electron chi connectivity index (χ4n) is 3.84. The van der Waals surface area contributed by atoms with Crippen molar-refractivity contribution < 1.29 is 0 Å². The molecule has 0 heteroatoms. The fraction of sp³-hybridized carbons (Fsp3) is 0.467. The van der Waals surface area contributed by atoms with Gasteiger partial charge in [0, 0.05) is 10.8 Å². The van der Waals surface area contributed by atoms with Crippen LogP contribution in [0.2, 0.25) is 0 Å². The molecule has 0 aliphatic heterocycles. The van der Waals surface area contributed by atoms with Crippen LogP contribution in [0.1, 0.15) is 45.2 Å². The molecule has 0 fully saturated rings. The third-order valence-electron chi connectivity index (χ3n) is 5.04. The molecular formula is C15H18.